The van der Waals surface area contributed by atoms with Crippen molar-refractivity contribution in [2.24, 2.45) is 0 Å². The van der Waals surface area contributed by atoms with Crippen molar-refractivity contribution in [3.8, 4) is 0 Å². The minimum absolute atomic E-state index is 0.0479. The van der Waals surface area contributed by atoms with Gasteiger partial charge >= 0.3 is 11.9 Å². The van der Waals surface area contributed by atoms with Crippen LogP contribution in [0, 0.1) is 0 Å². The zero-order valence-electron chi connectivity index (χ0n) is 34.4. The van der Waals surface area contributed by atoms with Gasteiger partial charge in [-0.05, 0) is 46.0 Å². The first-order valence-electron chi connectivity index (χ1n) is 20.7. The summed E-state index contributed by atoms with van der Waals surface area (Å²) in [6, 6.07) is 0. The third-order valence-corrected chi connectivity index (χ3v) is 10.3. The van der Waals surface area contributed by atoms with Crippen molar-refractivity contribution in [2.45, 2.75) is 173 Å². The molecule has 13 nitrogen and oxygen atoms in total. The third-order valence-electron chi connectivity index (χ3n) is 9.31. The van der Waals surface area contributed by atoms with Crippen molar-refractivity contribution < 1.29 is 61.0 Å². The van der Waals surface area contributed by atoms with Crippen LogP contribution in [0.5, 0.6) is 0 Å². The molecule has 14 heteroatoms. The lowest BCUT2D eigenvalue weighted by Gasteiger charge is -2.28. The molecule has 5 atom stereocenters. The zero-order valence-corrected chi connectivity index (χ0v) is 35.3. The van der Waals surface area contributed by atoms with Gasteiger partial charge in [-0.3, -0.25) is 14.2 Å². The van der Waals surface area contributed by atoms with Gasteiger partial charge in [0.15, 0.2) is 18.2 Å². The maximum absolute atomic E-state index is 13.1. The Labute approximate surface area is 326 Å². The van der Waals surface area contributed by atoms with E-state index in [4.69, 9.17) is 37.5 Å². The predicted octanol–water partition coefficient (Wildman–Crippen LogP) is 7.53. The van der Waals surface area contributed by atoms with Gasteiger partial charge in [0.05, 0.1) is 40.5 Å². The van der Waals surface area contributed by atoms with E-state index in [2.05, 4.69) is 6.92 Å². The van der Waals surface area contributed by atoms with E-state index in [0.29, 0.717) is 30.7 Å². The van der Waals surface area contributed by atoms with Crippen molar-refractivity contribution in [3.63, 3.8) is 0 Å². The van der Waals surface area contributed by atoms with Crippen molar-refractivity contribution in [3.05, 3.63) is 12.2 Å². The first kappa shape index (κ1) is 48.7. The molecule has 0 aromatic heterocycles. The van der Waals surface area contributed by atoms with E-state index >= 15 is 0 Å². The summed E-state index contributed by atoms with van der Waals surface area (Å²) in [4.78, 5) is 38.2. The summed E-state index contributed by atoms with van der Waals surface area (Å²) in [5, 5.41) is 0. The van der Waals surface area contributed by atoms with Crippen LogP contribution >= 0.6 is 7.82 Å². The molecule has 2 saturated heterocycles. The number of carbonyl (C=O) groups is 2. The highest BCUT2D eigenvalue weighted by molar-refractivity contribution is 7.45. The standard InChI is InChI=1S/C40H74NO12P/c1-7-8-9-10-11-12-13-14-15-16-17-18-19-22-37(42)47-31-36(33-50-54(44,45)49-30-28-41(4,5)6)51-38(43)27-26-34(52-39-23-20-21-29-46-39)24-25-35-32-48-40(2,3)53-35/h24-25,34-36,39H,7-23,26-33H2,1-6H3/b25-24+. The Morgan fingerprint density at radius 2 is 1.54 bits per heavy atom. The van der Waals surface area contributed by atoms with E-state index in [1.165, 1.54) is 57.8 Å². The van der Waals surface area contributed by atoms with Crippen LogP contribution in [0.4, 0.5) is 0 Å². The number of rotatable bonds is 31. The highest BCUT2D eigenvalue weighted by Crippen LogP contribution is 2.38. The Morgan fingerprint density at radius 1 is 0.889 bits per heavy atom. The second kappa shape index (κ2) is 27.3. The minimum Gasteiger partial charge on any atom is -0.756 e. The van der Waals surface area contributed by atoms with E-state index in [0.717, 1.165) is 38.5 Å². The molecule has 2 heterocycles. The zero-order chi connectivity index (χ0) is 39.7. The molecule has 0 aromatic rings. The Balaban J connectivity index is 1.84. The molecule has 2 rings (SSSR count). The van der Waals surface area contributed by atoms with Crippen molar-refractivity contribution in [1.82, 2.24) is 0 Å². The molecule has 0 N–H and O–H groups in total. The van der Waals surface area contributed by atoms with Crippen LogP contribution < -0.4 is 4.89 Å². The molecule has 0 saturated carbocycles. The first-order chi connectivity index (χ1) is 25.7. The molecule has 2 aliphatic rings. The monoisotopic (exact) mass is 791 g/mol. The number of unbranched alkanes of at least 4 members (excludes halogenated alkanes) is 12. The minimum atomic E-state index is -4.70. The highest BCUT2D eigenvalue weighted by atomic mass is 31.2. The van der Waals surface area contributed by atoms with Gasteiger partial charge in [0.2, 0.25) is 0 Å². The Hall–Kier alpha value is -1.41. The molecule has 54 heavy (non-hydrogen) atoms. The second-order valence-corrected chi connectivity index (χ2v) is 17.5. The Morgan fingerprint density at radius 3 is 2.11 bits per heavy atom. The van der Waals surface area contributed by atoms with Crippen LogP contribution in [0.15, 0.2) is 12.2 Å². The molecule has 2 aliphatic heterocycles. The molecule has 0 bridgehead atoms. The predicted molar refractivity (Wildman–Crippen MR) is 205 cm³/mol. The molecular weight excluding hydrogens is 717 g/mol. The lowest BCUT2D eigenvalue weighted by Crippen LogP contribution is -2.37. The fraction of sp³-hybridized carbons (Fsp3) is 0.900. The number of ether oxygens (including phenoxy) is 6. The van der Waals surface area contributed by atoms with Gasteiger partial charge in [0.1, 0.15) is 25.9 Å². The van der Waals surface area contributed by atoms with Gasteiger partial charge < -0.3 is 46.8 Å². The molecule has 2 fully saturated rings. The van der Waals surface area contributed by atoms with Crippen LogP contribution in [-0.2, 0) is 51.6 Å². The average molecular weight is 792 g/mol. The number of esters is 2. The fourth-order valence-corrected chi connectivity index (χ4v) is 6.81. The van der Waals surface area contributed by atoms with Crippen molar-refractivity contribution in [1.29, 1.82) is 0 Å². The number of carbonyl (C=O) groups excluding carboxylic acids is 2. The Bertz CT molecular complexity index is 1090. The van der Waals surface area contributed by atoms with Crippen LogP contribution in [-0.4, -0.2) is 108 Å². The molecule has 0 radical (unpaired) electrons. The summed E-state index contributed by atoms with van der Waals surface area (Å²) in [6.07, 6.45) is 20.2. The molecule has 0 amide bonds. The Kier molecular flexibility index (Phi) is 24.6. The fourth-order valence-electron chi connectivity index (χ4n) is 6.09. The summed E-state index contributed by atoms with van der Waals surface area (Å²) in [6.45, 7) is 6.43. The second-order valence-electron chi connectivity index (χ2n) is 16.1. The lowest BCUT2D eigenvalue weighted by atomic mass is 10.0. The summed E-state index contributed by atoms with van der Waals surface area (Å²) < 4.78 is 57.6. The van der Waals surface area contributed by atoms with Gasteiger partial charge in [0.25, 0.3) is 7.82 Å². The van der Waals surface area contributed by atoms with Crippen molar-refractivity contribution in [2.75, 3.05) is 60.7 Å². The summed E-state index contributed by atoms with van der Waals surface area (Å²) in [5.41, 5.74) is 0. The molecule has 5 unspecified atom stereocenters. The third kappa shape index (κ3) is 25.7. The van der Waals surface area contributed by atoms with E-state index in [9.17, 15) is 19.0 Å². The van der Waals surface area contributed by atoms with E-state index in [-0.39, 0.29) is 44.9 Å². The summed E-state index contributed by atoms with van der Waals surface area (Å²) >= 11 is 0. The van der Waals surface area contributed by atoms with Crippen LogP contribution in [0.3, 0.4) is 0 Å². The molecule has 0 aromatic carbocycles. The largest absolute Gasteiger partial charge is 0.756 e. The van der Waals surface area contributed by atoms with Gasteiger partial charge in [-0.25, -0.2) is 0 Å². The number of phosphoric ester groups is 1. The molecule has 316 valence electrons. The maximum atomic E-state index is 13.1. The van der Waals surface area contributed by atoms with Crippen LogP contribution in [0.25, 0.3) is 0 Å². The molecule has 0 aliphatic carbocycles. The number of hydrogen-bond acceptors (Lipinski definition) is 12. The SMILES string of the molecule is CCCCCCCCCCCCCCCC(=O)OCC(COP(=O)([O-])OCC[N+](C)(C)C)OC(=O)CCC(/C=C/C1COC(C)(C)O1)OC1CCCCO1. The van der Waals surface area contributed by atoms with Crippen molar-refractivity contribution >= 4 is 19.8 Å². The number of phosphoric acid groups is 1. The number of nitrogens with zero attached hydrogens (tertiary/aromatic N) is 1. The van der Waals surface area contributed by atoms with E-state index in [1.54, 1.807) is 0 Å². The average Bonchev–Trinajstić information content (AvgIpc) is 3.47. The number of hydrogen-bond donors (Lipinski definition) is 0. The molecular formula is C40H74NO12P. The maximum Gasteiger partial charge on any atom is 0.306 e. The van der Waals surface area contributed by atoms with Gasteiger partial charge in [0, 0.05) is 19.4 Å². The van der Waals surface area contributed by atoms with Gasteiger partial charge in [-0.15, -0.1) is 0 Å². The topological polar surface area (TPSA) is 148 Å². The normalized spacial score (nSPS) is 21.2. The smallest absolute Gasteiger partial charge is 0.306 e. The van der Waals surface area contributed by atoms with Crippen LogP contribution in [0.1, 0.15) is 143 Å². The van der Waals surface area contributed by atoms with Crippen LogP contribution in [0.2, 0.25) is 0 Å². The number of likely N-dealkylation sites (N-methyl/N-ethyl adjacent to an activating group) is 1. The van der Waals surface area contributed by atoms with Gasteiger partial charge in [-0.1, -0.05) is 96.1 Å². The highest BCUT2D eigenvalue weighted by Gasteiger charge is 2.31. The molecule has 0 spiro atoms. The van der Waals surface area contributed by atoms with E-state index in [1.807, 2.05) is 47.1 Å². The summed E-state index contributed by atoms with van der Waals surface area (Å²) in [7, 11) is 1.02. The van der Waals surface area contributed by atoms with E-state index < -0.39 is 44.4 Å². The quantitative estimate of drug-likeness (QED) is 0.0225. The number of quaternary nitrogens is 1. The van der Waals surface area contributed by atoms with Gasteiger partial charge in [-0.2, -0.15) is 0 Å². The summed E-state index contributed by atoms with van der Waals surface area (Å²) in [5.74, 6) is -1.73. The first-order valence-corrected chi connectivity index (χ1v) is 22.2. The lowest BCUT2D eigenvalue weighted by molar-refractivity contribution is -0.870.